The summed E-state index contributed by atoms with van der Waals surface area (Å²) >= 11 is 0. The number of nitrogens with one attached hydrogen (secondary N) is 1. The number of nitrogens with zero attached hydrogens (tertiary/aromatic N) is 3. The van der Waals surface area contributed by atoms with Gasteiger partial charge in [-0.25, -0.2) is 4.98 Å². The second-order valence-electron chi connectivity index (χ2n) is 5.12. The summed E-state index contributed by atoms with van der Waals surface area (Å²) in [4.78, 5) is 6.42. The second-order valence-corrected chi connectivity index (χ2v) is 5.12. The zero-order chi connectivity index (χ0) is 13.4. The molecule has 1 aromatic heterocycles. The summed E-state index contributed by atoms with van der Waals surface area (Å²) < 4.78 is 2.10. The topological polar surface area (TPSA) is 70.9 Å². The van der Waals surface area contributed by atoms with Crippen LogP contribution in [0.3, 0.4) is 0 Å². The standard InChI is InChI=1S/C13H25N5/c1-12(2)10-17(8-4-13(14)15)6-3-7-18-9-5-16-11-18/h5,9,11-12H,3-4,6-8,10H2,1-2H3,(H3,14,15). The van der Waals surface area contributed by atoms with E-state index in [0.717, 1.165) is 32.6 Å². The lowest BCUT2D eigenvalue weighted by Gasteiger charge is -2.24. The van der Waals surface area contributed by atoms with Gasteiger partial charge in [-0.1, -0.05) is 13.8 Å². The maximum absolute atomic E-state index is 7.30. The van der Waals surface area contributed by atoms with E-state index in [1.807, 2.05) is 18.7 Å². The van der Waals surface area contributed by atoms with Crippen LogP contribution in [0.4, 0.5) is 0 Å². The Balaban J connectivity index is 2.28. The fourth-order valence-corrected chi connectivity index (χ4v) is 1.99. The molecular formula is C13H25N5. The molecular weight excluding hydrogens is 226 g/mol. The molecule has 0 radical (unpaired) electrons. The second kappa shape index (κ2) is 7.87. The molecule has 5 heteroatoms. The number of hydrogen-bond acceptors (Lipinski definition) is 3. The minimum absolute atomic E-state index is 0.276. The van der Waals surface area contributed by atoms with Crippen molar-refractivity contribution < 1.29 is 0 Å². The van der Waals surface area contributed by atoms with E-state index in [1.165, 1.54) is 0 Å². The molecule has 0 fully saturated rings. The Morgan fingerprint density at radius 1 is 1.44 bits per heavy atom. The first-order valence-corrected chi connectivity index (χ1v) is 6.59. The van der Waals surface area contributed by atoms with Gasteiger partial charge in [0, 0.05) is 38.4 Å². The summed E-state index contributed by atoms with van der Waals surface area (Å²) in [6.45, 7) is 8.43. The first-order valence-electron chi connectivity index (χ1n) is 6.59. The highest BCUT2D eigenvalue weighted by atomic mass is 15.1. The normalized spacial score (nSPS) is 11.3. The highest BCUT2D eigenvalue weighted by Crippen LogP contribution is 2.02. The van der Waals surface area contributed by atoms with Crippen LogP contribution in [0.1, 0.15) is 26.7 Å². The Hall–Kier alpha value is -1.36. The molecule has 0 saturated carbocycles. The van der Waals surface area contributed by atoms with Gasteiger partial charge in [-0.2, -0.15) is 0 Å². The third kappa shape index (κ3) is 6.39. The van der Waals surface area contributed by atoms with E-state index in [0.29, 0.717) is 12.3 Å². The molecule has 1 heterocycles. The summed E-state index contributed by atoms with van der Waals surface area (Å²) in [6, 6.07) is 0. The van der Waals surface area contributed by atoms with Gasteiger partial charge in [0.15, 0.2) is 0 Å². The molecule has 0 saturated heterocycles. The first kappa shape index (κ1) is 14.7. The third-order valence-corrected chi connectivity index (χ3v) is 2.77. The predicted octanol–water partition coefficient (Wildman–Crippen LogP) is 1.56. The van der Waals surface area contributed by atoms with Crippen molar-refractivity contribution in [2.45, 2.75) is 33.2 Å². The molecule has 0 amide bonds. The summed E-state index contributed by atoms with van der Waals surface area (Å²) in [5.41, 5.74) is 5.42. The summed E-state index contributed by atoms with van der Waals surface area (Å²) in [5, 5.41) is 7.30. The van der Waals surface area contributed by atoms with Gasteiger partial charge in [-0.05, 0) is 18.9 Å². The van der Waals surface area contributed by atoms with Crippen LogP contribution in [0, 0.1) is 11.3 Å². The zero-order valence-electron chi connectivity index (χ0n) is 11.5. The lowest BCUT2D eigenvalue weighted by Crippen LogP contribution is -2.32. The van der Waals surface area contributed by atoms with Crippen molar-refractivity contribution in [3.63, 3.8) is 0 Å². The average molecular weight is 251 g/mol. The van der Waals surface area contributed by atoms with Crippen LogP contribution in [0.2, 0.25) is 0 Å². The van der Waals surface area contributed by atoms with E-state index in [2.05, 4.69) is 28.3 Å². The predicted molar refractivity (Wildman–Crippen MR) is 74.7 cm³/mol. The van der Waals surface area contributed by atoms with Crippen LogP contribution in [-0.4, -0.2) is 39.9 Å². The highest BCUT2D eigenvalue weighted by molar-refractivity contribution is 5.76. The van der Waals surface area contributed by atoms with Crippen molar-refractivity contribution in [1.82, 2.24) is 14.5 Å². The van der Waals surface area contributed by atoms with Crippen LogP contribution in [0.15, 0.2) is 18.7 Å². The maximum Gasteiger partial charge on any atom is 0.0945 e. The molecule has 1 aromatic rings. The number of amidine groups is 1. The minimum atomic E-state index is 0.276. The quantitative estimate of drug-likeness (QED) is 0.517. The fourth-order valence-electron chi connectivity index (χ4n) is 1.99. The van der Waals surface area contributed by atoms with Gasteiger partial charge < -0.3 is 15.2 Å². The Labute approximate surface area is 110 Å². The minimum Gasteiger partial charge on any atom is -0.388 e. The third-order valence-electron chi connectivity index (χ3n) is 2.77. The van der Waals surface area contributed by atoms with E-state index in [1.54, 1.807) is 0 Å². The molecule has 5 nitrogen and oxygen atoms in total. The van der Waals surface area contributed by atoms with E-state index in [4.69, 9.17) is 11.1 Å². The van der Waals surface area contributed by atoms with Crippen molar-refractivity contribution in [3.05, 3.63) is 18.7 Å². The average Bonchev–Trinajstić information content (AvgIpc) is 2.77. The number of hydrogen-bond donors (Lipinski definition) is 2. The molecule has 3 N–H and O–H groups in total. The van der Waals surface area contributed by atoms with Crippen LogP contribution < -0.4 is 5.73 Å². The van der Waals surface area contributed by atoms with Crippen LogP contribution >= 0.6 is 0 Å². The molecule has 18 heavy (non-hydrogen) atoms. The van der Waals surface area contributed by atoms with E-state index >= 15 is 0 Å². The SMILES string of the molecule is CC(C)CN(CCCn1ccnc1)CCC(=N)N. The lowest BCUT2D eigenvalue weighted by atomic mass is 10.2. The largest absolute Gasteiger partial charge is 0.388 e. The Kier molecular flexibility index (Phi) is 6.43. The van der Waals surface area contributed by atoms with Gasteiger partial charge in [-0.3, -0.25) is 5.41 Å². The summed E-state index contributed by atoms with van der Waals surface area (Å²) in [7, 11) is 0. The van der Waals surface area contributed by atoms with Gasteiger partial charge in [0.05, 0.1) is 12.2 Å². The van der Waals surface area contributed by atoms with Crippen molar-refractivity contribution in [2.24, 2.45) is 11.7 Å². The summed E-state index contributed by atoms with van der Waals surface area (Å²) in [5.74, 6) is 0.920. The number of aryl methyl sites for hydroxylation is 1. The Morgan fingerprint density at radius 3 is 2.78 bits per heavy atom. The molecule has 0 aliphatic rings. The highest BCUT2D eigenvalue weighted by Gasteiger charge is 2.07. The van der Waals surface area contributed by atoms with Gasteiger partial charge in [0.1, 0.15) is 0 Å². The fraction of sp³-hybridized carbons (Fsp3) is 0.692. The van der Waals surface area contributed by atoms with Gasteiger partial charge in [0.25, 0.3) is 0 Å². The molecule has 1 rings (SSSR count). The van der Waals surface area contributed by atoms with Gasteiger partial charge in [-0.15, -0.1) is 0 Å². The van der Waals surface area contributed by atoms with Gasteiger partial charge in [0.2, 0.25) is 0 Å². The Morgan fingerprint density at radius 2 is 2.22 bits per heavy atom. The molecule has 0 aliphatic heterocycles. The number of nitrogens with two attached hydrogens (primary N) is 1. The smallest absolute Gasteiger partial charge is 0.0945 e. The van der Waals surface area contributed by atoms with Crippen molar-refractivity contribution >= 4 is 5.84 Å². The molecule has 0 unspecified atom stereocenters. The van der Waals surface area contributed by atoms with Crippen molar-refractivity contribution in [1.29, 1.82) is 5.41 Å². The zero-order valence-corrected chi connectivity index (χ0v) is 11.5. The molecule has 0 atom stereocenters. The number of imidazole rings is 1. The Bertz CT molecular complexity index is 331. The van der Waals surface area contributed by atoms with Crippen LogP contribution in [-0.2, 0) is 6.54 Å². The van der Waals surface area contributed by atoms with Crippen LogP contribution in [0.25, 0.3) is 0 Å². The van der Waals surface area contributed by atoms with Crippen LogP contribution in [0.5, 0.6) is 0 Å². The number of rotatable bonds is 9. The first-order chi connectivity index (χ1) is 8.58. The van der Waals surface area contributed by atoms with Crippen molar-refractivity contribution in [3.8, 4) is 0 Å². The number of aromatic nitrogens is 2. The van der Waals surface area contributed by atoms with Crippen molar-refractivity contribution in [2.75, 3.05) is 19.6 Å². The molecule has 0 aromatic carbocycles. The molecule has 0 spiro atoms. The maximum atomic E-state index is 7.30. The van der Waals surface area contributed by atoms with E-state index < -0.39 is 0 Å². The summed E-state index contributed by atoms with van der Waals surface area (Å²) in [6.07, 6.45) is 7.41. The van der Waals surface area contributed by atoms with Gasteiger partial charge >= 0.3 is 0 Å². The van der Waals surface area contributed by atoms with E-state index in [-0.39, 0.29) is 5.84 Å². The molecule has 102 valence electrons. The monoisotopic (exact) mass is 251 g/mol. The molecule has 0 aliphatic carbocycles. The lowest BCUT2D eigenvalue weighted by molar-refractivity contribution is 0.243. The molecule has 0 bridgehead atoms. The van der Waals surface area contributed by atoms with E-state index in [9.17, 15) is 0 Å².